The van der Waals surface area contributed by atoms with Gasteiger partial charge in [-0.15, -0.1) is 0 Å². The molecule has 0 atom stereocenters. The van der Waals surface area contributed by atoms with Crippen molar-refractivity contribution in [3.05, 3.63) is 35.4 Å². The first-order valence-electron chi connectivity index (χ1n) is 6.45. The molecule has 0 saturated carbocycles. The number of hydrogen-bond acceptors (Lipinski definition) is 4. The molecule has 0 aromatic heterocycles. The van der Waals surface area contributed by atoms with Crippen molar-refractivity contribution < 1.29 is 14.3 Å². The van der Waals surface area contributed by atoms with Crippen molar-refractivity contribution in [3.63, 3.8) is 0 Å². The number of unbranched alkanes of at least 4 members (excludes halogenated alkanes) is 1. The minimum Gasteiger partial charge on any atom is -0.462 e. The van der Waals surface area contributed by atoms with Crippen LogP contribution < -0.4 is 11.1 Å². The van der Waals surface area contributed by atoms with Crippen LogP contribution in [0.1, 0.15) is 40.5 Å². The van der Waals surface area contributed by atoms with Gasteiger partial charge in [0.15, 0.2) is 0 Å². The van der Waals surface area contributed by atoms with Crippen LogP contribution in [0.5, 0.6) is 0 Å². The van der Waals surface area contributed by atoms with Crippen LogP contribution in [-0.4, -0.2) is 31.6 Å². The van der Waals surface area contributed by atoms with Crippen LogP contribution in [0.4, 0.5) is 0 Å². The molecule has 5 heteroatoms. The van der Waals surface area contributed by atoms with Crippen LogP contribution in [0.3, 0.4) is 0 Å². The Morgan fingerprint density at radius 2 is 1.89 bits per heavy atom. The Kier molecular flexibility index (Phi) is 6.60. The van der Waals surface area contributed by atoms with Gasteiger partial charge in [-0.1, -0.05) is 12.1 Å². The summed E-state index contributed by atoms with van der Waals surface area (Å²) < 4.78 is 4.93. The molecule has 19 heavy (non-hydrogen) atoms. The number of rotatable bonds is 7. The molecule has 0 aliphatic heterocycles. The van der Waals surface area contributed by atoms with Gasteiger partial charge in [0.05, 0.1) is 17.7 Å². The third kappa shape index (κ3) is 4.71. The maximum Gasteiger partial charge on any atom is 0.338 e. The summed E-state index contributed by atoms with van der Waals surface area (Å²) in [6.07, 6.45) is 1.68. The molecule has 0 saturated heterocycles. The van der Waals surface area contributed by atoms with E-state index in [2.05, 4.69) is 5.32 Å². The largest absolute Gasteiger partial charge is 0.462 e. The molecule has 1 amide bonds. The zero-order chi connectivity index (χ0) is 14.1. The van der Waals surface area contributed by atoms with Crippen molar-refractivity contribution in [3.8, 4) is 0 Å². The highest BCUT2D eigenvalue weighted by atomic mass is 16.5. The second-order valence-corrected chi connectivity index (χ2v) is 4.02. The van der Waals surface area contributed by atoms with Crippen LogP contribution in [0.2, 0.25) is 0 Å². The Morgan fingerprint density at radius 1 is 1.21 bits per heavy atom. The minimum absolute atomic E-state index is 0.263. The molecule has 3 N–H and O–H groups in total. The molecule has 104 valence electrons. The minimum atomic E-state index is -0.477. The van der Waals surface area contributed by atoms with Gasteiger partial charge in [0.2, 0.25) is 0 Å². The fourth-order valence-electron chi connectivity index (χ4n) is 1.63. The van der Waals surface area contributed by atoms with E-state index in [-0.39, 0.29) is 12.5 Å². The van der Waals surface area contributed by atoms with E-state index in [0.29, 0.717) is 24.2 Å². The molecule has 1 rings (SSSR count). The second kappa shape index (κ2) is 8.26. The summed E-state index contributed by atoms with van der Waals surface area (Å²) in [6.45, 7) is 3.17. The van der Waals surface area contributed by atoms with Crippen LogP contribution in [0.15, 0.2) is 24.3 Å². The Labute approximate surface area is 113 Å². The van der Waals surface area contributed by atoms with Crippen molar-refractivity contribution in [1.29, 1.82) is 0 Å². The smallest absolute Gasteiger partial charge is 0.338 e. The fourth-order valence-corrected chi connectivity index (χ4v) is 1.63. The topological polar surface area (TPSA) is 81.4 Å². The van der Waals surface area contributed by atoms with Gasteiger partial charge < -0.3 is 15.8 Å². The number of carbonyl (C=O) groups excluding carboxylic acids is 2. The van der Waals surface area contributed by atoms with Crippen LogP contribution >= 0.6 is 0 Å². The first-order valence-corrected chi connectivity index (χ1v) is 6.45. The average Bonchev–Trinajstić information content (AvgIpc) is 2.43. The van der Waals surface area contributed by atoms with Crippen molar-refractivity contribution in [2.45, 2.75) is 19.8 Å². The molecule has 0 unspecified atom stereocenters. The van der Waals surface area contributed by atoms with E-state index in [0.717, 1.165) is 12.8 Å². The number of ether oxygens (including phenoxy) is 1. The molecule has 1 aromatic rings. The van der Waals surface area contributed by atoms with E-state index in [4.69, 9.17) is 10.5 Å². The molecule has 0 spiro atoms. The summed E-state index contributed by atoms with van der Waals surface area (Å²) in [6, 6.07) is 6.63. The lowest BCUT2D eigenvalue weighted by Gasteiger charge is -2.09. The Balaban J connectivity index is 2.71. The molecule has 0 heterocycles. The summed E-state index contributed by atoms with van der Waals surface area (Å²) in [7, 11) is 0. The molecule has 0 radical (unpaired) electrons. The lowest BCUT2D eigenvalue weighted by Crippen LogP contribution is -2.27. The van der Waals surface area contributed by atoms with E-state index in [1.165, 1.54) is 0 Å². The Bertz CT molecular complexity index is 432. The van der Waals surface area contributed by atoms with E-state index in [1.807, 2.05) is 0 Å². The van der Waals surface area contributed by atoms with Crippen molar-refractivity contribution in [2.24, 2.45) is 5.73 Å². The number of benzene rings is 1. The lowest BCUT2D eigenvalue weighted by molar-refractivity contribution is 0.0522. The maximum atomic E-state index is 12.0. The molecule has 5 nitrogen and oxygen atoms in total. The third-order valence-corrected chi connectivity index (χ3v) is 2.58. The van der Waals surface area contributed by atoms with Gasteiger partial charge in [0.25, 0.3) is 5.91 Å². The highest BCUT2D eigenvalue weighted by Crippen LogP contribution is 2.10. The predicted octanol–water partition coefficient (Wildman–Crippen LogP) is 1.33. The quantitative estimate of drug-likeness (QED) is 0.575. The number of nitrogens with one attached hydrogen (secondary N) is 1. The maximum absolute atomic E-state index is 12.0. The summed E-state index contributed by atoms with van der Waals surface area (Å²) in [5, 5.41) is 2.77. The Hall–Kier alpha value is -1.88. The monoisotopic (exact) mass is 264 g/mol. The molecule has 0 fully saturated rings. The average molecular weight is 264 g/mol. The van der Waals surface area contributed by atoms with Gasteiger partial charge in [0.1, 0.15) is 0 Å². The summed E-state index contributed by atoms with van der Waals surface area (Å²) >= 11 is 0. The normalized spacial score (nSPS) is 10.0. The number of carbonyl (C=O) groups is 2. The molecule has 0 aliphatic carbocycles. The van der Waals surface area contributed by atoms with Crippen LogP contribution in [-0.2, 0) is 4.74 Å². The molecule has 0 aliphatic rings. The molecular formula is C14H20N2O3. The molecule has 0 bridgehead atoms. The summed E-state index contributed by atoms with van der Waals surface area (Å²) in [5.41, 5.74) is 6.01. The number of esters is 1. The number of nitrogens with two attached hydrogens (primary N) is 1. The number of hydrogen-bond donors (Lipinski definition) is 2. The summed E-state index contributed by atoms with van der Waals surface area (Å²) in [5.74, 6) is -0.740. The SMILES string of the molecule is CCOC(=O)c1ccccc1C(=O)NCCCCN. The van der Waals surface area contributed by atoms with Gasteiger partial charge in [-0.3, -0.25) is 4.79 Å². The van der Waals surface area contributed by atoms with Gasteiger partial charge >= 0.3 is 5.97 Å². The Morgan fingerprint density at radius 3 is 2.53 bits per heavy atom. The third-order valence-electron chi connectivity index (χ3n) is 2.58. The predicted molar refractivity (Wildman–Crippen MR) is 73.0 cm³/mol. The van der Waals surface area contributed by atoms with E-state index in [1.54, 1.807) is 31.2 Å². The van der Waals surface area contributed by atoms with E-state index in [9.17, 15) is 9.59 Å². The zero-order valence-electron chi connectivity index (χ0n) is 11.1. The van der Waals surface area contributed by atoms with Gasteiger partial charge in [-0.05, 0) is 38.4 Å². The molecule has 1 aromatic carbocycles. The van der Waals surface area contributed by atoms with Gasteiger partial charge in [-0.2, -0.15) is 0 Å². The molecular weight excluding hydrogens is 244 g/mol. The second-order valence-electron chi connectivity index (χ2n) is 4.02. The van der Waals surface area contributed by atoms with Crippen LogP contribution in [0.25, 0.3) is 0 Å². The van der Waals surface area contributed by atoms with Crippen molar-refractivity contribution >= 4 is 11.9 Å². The first-order chi connectivity index (χ1) is 9.20. The van der Waals surface area contributed by atoms with Gasteiger partial charge in [-0.25, -0.2) is 4.79 Å². The lowest BCUT2D eigenvalue weighted by atomic mass is 10.1. The van der Waals surface area contributed by atoms with Crippen LogP contribution in [0, 0.1) is 0 Å². The van der Waals surface area contributed by atoms with Crippen molar-refractivity contribution in [1.82, 2.24) is 5.32 Å². The zero-order valence-corrected chi connectivity index (χ0v) is 11.1. The first kappa shape index (κ1) is 15.2. The van der Waals surface area contributed by atoms with Crippen molar-refractivity contribution in [2.75, 3.05) is 19.7 Å². The van der Waals surface area contributed by atoms with Gasteiger partial charge in [0, 0.05) is 6.54 Å². The van der Waals surface area contributed by atoms with E-state index < -0.39 is 5.97 Å². The van der Waals surface area contributed by atoms with E-state index >= 15 is 0 Å². The highest BCUT2D eigenvalue weighted by molar-refractivity contribution is 6.05. The summed E-state index contributed by atoms with van der Waals surface area (Å²) in [4.78, 5) is 23.7. The standard InChI is InChI=1S/C14H20N2O3/c1-2-19-14(18)12-8-4-3-7-11(12)13(17)16-10-6-5-9-15/h3-4,7-8H,2,5-6,9-10,15H2,1H3,(H,16,17). The fraction of sp³-hybridized carbons (Fsp3) is 0.429. The highest BCUT2D eigenvalue weighted by Gasteiger charge is 2.16. The number of amides is 1.